The average molecular weight is 352 g/mol. The molecule has 1 heterocycles. The molecule has 0 saturated carbocycles. The van der Waals surface area contributed by atoms with Gasteiger partial charge in [-0.15, -0.1) is 0 Å². The normalized spacial score (nSPS) is 17.7. The molecule has 0 radical (unpaired) electrons. The Labute approximate surface area is 158 Å². The minimum atomic E-state index is 0.772. The van der Waals surface area contributed by atoms with Crippen LogP contribution in [-0.2, 0) is 4.74 Å². The molecule has 1 aliphatic rings. The smallest absolute Gasteiger partial charge is 0.0506 e. The molecule has 1 atom stereocenters. The summed E-state index contributed by atoms with van der Waals surface area (Å²) in [4.78, 5) is 0. The third-order valence-electron chi connectivity index (χ3n) is 5.32. The molecule has 1 aliphatic heterocycles. The Balaban J connectivity index is 1.68. The number of nitrogens with one attached hydrogen (secondary N) is 1. The minimum absolute atomic E-state index is 0.772. The van der Waals surface area contributed by atoms with Crippen molar-refractivity contribution < 1.29 is 4.74 Å². The predicted octanol–water partition coefficient (Wildman–Crippen LogP) is 6.65. The van der Waals surface area contributed by atoms with Crippen molar-refractivity contribution in [3.05, 3.63) is 12.2 Å². The summed E-state index contributed by atoms with van der Waals surface area (Å²) in [6.45, 7) is 6.57. The summed E-state index contributed by atoms with van der Waals surface area (Å²) in [6.07, 6.45) is 25.3. The van der Waals surface area contributed by atoms with Crippen LogP contribution < -0.4 is 5.32 Å². The van der Waals surface area contributed by atoms with E-state index in [1.807, 2.05) is 0 Å². The monoisotopic (exact) mass is 351 g/mol. The van der Waals surface area contributed by atoms with Crippen molar-refractivity contribution in [3.63, 3.8) is 0 Å². The molecule has 0 spiro atoms. The topological polar surface area (TPSA) is 21.3 Å². The van der Waals surface area contributed by atoms with Crippen molar-refractivity contribution in [2.45, 2.75) is 103 Å². The van der Waals surface area contributed by atoms with Crippen LogP contribution in [0, 0.1) is 5.92 Å². The zero-order chi connectivity index (χ0) is 17.8. The van der Waals surface area contributed by atoms with Gasteiger partial charge in [0, 0.05) is 13.2 Å². The zero-order valence-corrected chi connectivity index (χ0v) is 17.1. The third kappa shape index (κ3) is 15.6. The summed E-state index contributed by atoms with van der Waals surface area (Å²) >= 11 is 0. The number of hydrogen-bond donors (Lipinski definition) is 1. The Kier molecular flexibility index (Phi) is 16.8. The molecule has 0 aliphatic carbocycles. The van der Waals surface area contributed by atoms with E-state index in [4.69, 9.17) is 4.74 Å². The Morgan fingerprint density at radius 2 is 1.40 bits per heavy atom. The van der Waals surface area contributed by atoms with E-state index in [9.17, 15) is 0 Å². The Bertz CT molecular complexity index is 284. The van der Waals surface area contributed by atoms with E-state index in [-0.39, 0.29) is 0 Å². The summed E-state index contributed by atoms with van der Waals surface area (Å²) in [5, 5.41) is 3.40. The molecule has 1 rings (SSSR count). The molecule has 0 aromatic heterocycles. The minimum Gasteiger partial charge on any atom is -0.381 e. The fourth-order valence-electron chi connectivity index (χ4n) is 3.56. The molecule has 0 aromatic carbocycles. The lowest BCUT2D eigenvalue weighted by atomic mass is 10.1. The van der Waals surface area contributed by atoms with Gasteiger partial charge in [0.1, 0.15) is 0 Å². The molecule has 0 bridgehead atoms. The van der Waals surface area contributed by atoms with Crippen LogP contribution in [0.3, 0.4) is 0 Å². The van der Waals surface area contributed by atoms with Crippen LogP contribution in [0.4, 0.5) is 0 Å². The fourth-order valence-corrected chi connectivity index (χ4v) is 3.56. The van der Waals surface area contributed by atoms with Gasteiger partial charge < -0.3 is 10.1 Å². The summed E-state index contributed by atoms with van der Waals surface area (Å²) in [7, 11) is 0. The van der Waals surface area contributed by atoms with Crippen LogP contribution in [0.2, 0.25) is 0 Å². The van der Waals surface area contributed by atoms with Crippen molar-refractivity contribution in [3.8, 4) is 0 Å². The molecular weight excluding hydrogens is 306 g/mol. The van der Waals surface area contributed by atoms with Crippen LogP contribution in [0.1, 0.15) is 103 Å². The van der Waals surface area contributed by atoms with Gasteiger partial charge in [0.05, 0.1) is 6.61 Å². The van der Waals surface area contributed by atoms with Crippen molar-refractivity contribution in [1.29, 1.82) is 0 Å². The number of ether oxygens (including phenoxy) is 1. The Morgan fingerprint density at radius 3 is 2.00 bits per heavy atom. The predicted molar refractivity (Wildman–Crippen MR) is 111 cm³/mol. The molecule has 2 nitrogen and oxygen atoms in total. The summed E-state index contributed by atoms with van der Waals surface area (Å²) < 4.78 is 5.79. The van der Waals surface area contributed by atoms with E-state index in [0.717, 1.165) is 25.7 Å². The second kappa shape index (κ2) is 18.5. The second-order valence-electron chi connectivity index (χ2n) is 7.87. The largest absolute Gasteiger partial charge is 0.381 e. The fraction of sp³-hybridized carbons (Fsp3) is 0.913. The SMILES string of the molecule is CCCCCCCC/C=C\CCCCCCCCOC[C@H]1CCNC1. The molecular formula is C23H45NO. The van der Waals surface area contributed by atoms with Crippen LogP contribution in [0.5, 0.6) is 0 Å². The third-order valence-corrected chi connectivity index (χ3v) is 5.32. The molecule has 0 unspecified atom stereocenters. The van der Waals surface area contributed by atoms with Crippen LogP contribution in [-0.4, -0.2) is 26.3 Å². The van der Waals surface area contributed by atoms with E-state index >= 15 is 0 Å². The summed E-state index contributed by atoms with van der Waals surface area (Å²) in [5.74, 6) is 0.772. The van der Waals surface area contributed by atoms with Gasteiger partial charge in [-0.25, -0.2) is 0 Å². The number of rotatable bonds is 18. The standard InChI is InChI=1S/C23H45NO/c1-2-3-4-5-6-7-8-9-10-11-12-13-14-15-16-17-20-25-22-23-18-19-24-21-23/h9-10,23-24H,2-8,11-22H2,1H3/b10-9-/t23-/m0/s1. The maximum Gasteiger partial charge on any atom is 0.0506 e. The lowest BCUT2D eigenvalue weighted by molar-refractivity contribution is 0.101. The first-order chi connectivity index (χ1) is 12.4. The molecule has 0 aromatic rings. The van der Waals surface area contributed by atoms with Gasteiger partial charge in [0.2, 0.25) is 0 Å². The summed E-state index contributed by atoms with van der Waals surface area (Å²) in [5.41, 5.74) is 0. The van der Waals surface area contributed by atoms with E-state index in [1.165, 1.54) is 103 Å². The first-order valence-electron chi connectivity index (χ1n) is 11.4. The van der Waals surface area contributed by atoms with Gasteiger partial charge in [-0.05, 0) is 51.0 Å². The lowest BCUT2D eigenvalue weighted by Gasteiger charge is -2.09. The number of unbranched alkanes of at least 4 members (excludes halogenated alkanes) is 12. The molecule has 0 amide bonds. The highest BCUT2D eigenvalue weighted by atomic mass is 16.5. The van der Waals surface area contributed by atoms with Crippen LogP contribution in [0.15, 0.2) is 12.2 Å². The van der Waals surface area contributed by atoms with Gasteiger partial charge in [0.15, 0.2) is 0 Å². The Hall–Kier alpha value is -0.340. The maximum atomic E-state index is 5.79. The summed E-state index contributed by atoms with van der Waals surface area (Å²) in [6, 6.07) is 0. The van der Waals surface area contributed by atoms with E-state index in [1.54, 1.807) is 0 Å². The first kappa shape index (κ1) is 22.7. The zero-order valence-electron chi connectivity index (χ0n) is 17.1. The van der Waals surface area contributed by atoms with Crippen LogP contribution in [0.25, 0.3) is 0 Å². The molecule has 2 heteroatoms. The van der Waals surface area contributed by atoms with Gasteiger partial charge >= 0.3 is 0 Å². The second-order valence-corrected chi connectivity index (χ2v) is 7.87. The van der Waals surface area contributed by atoms with Gasteiger partial charge in [-0.3, -0.25) is 0 Å². The van der Waals surface area contributed by atoms with Crippen molar-refractivity contribution >= 4 is 0 Å². The van der Waals surface area contributed by atoms with Crippen molar-refractivity contribution in [2.24, 2.45) is 5.92 Å². The highest BCUT2D eigenvalue weighted by molar-refractivity contribution is 4.81. The highest BCUT2D eigenvalue weighted by Gasteiger charge is 2.13. The van der Waals surface area contributed by atoms with Gasteiger partial charge in [0.25, 0.3) is 0 Å². The van der Waals surface area contributed by atoms with E-state index in [2.05, 4.69) is 24.4 Å². The maximum absolute atomic E-state index is 5.79. The number of hydrogen-bond acceptors (Lipinski definition) is 2. The van der Waals surface area contributed by atoms with Crippen molar-refractivity contribution in [2.75, 3.05) is 26.3 Å². The number of allylic oxidation sites excluding steroid dienone is 2. The highest BCUT2D eigenvalue weighted by Crippen LogP contribution is 2.11. The average Bonchev–Trinajstić information content (AvgIpc) is 3.14. The molecule has 25 heavy (non-hydrogen) atoms. The van der Waals surface area contributed by atoms with Gasteiger partial charge in [-0.1, -0.05) is 76.9 Å². The Morgan fingerprint density at radius 1 is 0.800 bits per heavy atom. The quantitative estimate of drug-likeness (QED) is 0.220. The molecule has 148 valence electrons. The van der Waals surface area contributed by atoms with E-state index < -0.39 is 0 Å². The molecule has 1 N–H and O–H groups in total. The lowest BCUT2D eigenvalue weighted by Crippen LogP contribution is -2.14. The van der Waals surface area contributed by atoms with E-state index in [0.29, 0.717) is 0 Å². The van der Waals surface area contributed by atoms with Crippen LogP contribution >= 0.6 is 0 Å². The van der Waals surface area contributed by atoms with Gasteiger partial charge in [-0.2, -0.15) is 0 Å². The molecule has 1 fully saturated rings. The molecule has 1 saturated heterocycles. The van der Waals surface area contributed by atoms with Crippen molar-refractivity contribution in [1.82, 2.24) is 5.32 Å². The first-order valence-corrected chi connectivity index (χ1v) is 11.4.